The molecule has 0 aliphatic rings. The number of carbonyl (C=O) groups excluding carboxylic acids is 2. The first-order valence-electron chi connectivity index (χ1n) is 8.53. The van der Waals surface area contributed by atoms with Crippen LogP contribution in [-0.4, -0.2) is 29.4 Å². The van der Waals surface area contributed by atoms with E-state index in [1.165, 1.54) is 0 Å². The number of carboxylic acids is 1. The molecule has 0 saturated heterocycles. The molecule has 0 atom stereocenters. The van der Waals surface area contributed by atoms with Gasteiger partial charge >= 0.3 is 5.97 Å². The molecule has 0 aliphatic carbocycles. The molecular formula is C20H22N2O4. The topological polar surface area (TPSA) is 95.5 Å². The van der Waals surface area contributed by atoms with E-state index in [0.717, 1.165) is 12.8 Å². The monoisotopic (exact) mass is 354 g/mol. The summed E-state index contributed by atoms with van der Waals surface area (Å²) in [5.74, 6) is -1.19. The zero-order valence-corrected chi connectivity index (χ0v) is 14.4. The second kappa shape index (κ2) is 9.98. The summed E-state index contributed by atoms with van der Waals surface area (Å²) in [6, 6.07) is 15.6. The number of benzene rings is 2. The van der Waals surface area contributed by atoms with Crippen LogP contribution in [0.2, 0.25) is 0 Å². The maximum absolute atomic E-state index is 12.1. The third-order valence-corrected chi connectivity index (χ3v) is 3.79. The first-order valence-corrected chi connectivity index (χ1v) is 8.53. The standard InChI is InChI=1S/C20H22N2O4/c23-18(24)9-5-2-6-14-21-19(25)16-10-12-17(13-11-16)22-20(26)15-7-3-1-4-8-15/h1,3-4,7-8,10-13H,2,5-6,9,14H2,(H,21,25)(H,22,26)(H,23,24). The van der Waals surface area contributed by atoms with Crippen molar-refractivity contribution in [2.45, 2.75) is 25.7 Å². The van der Waals surface area contributed by atoms with Crippen LogP contribution in [0, 0.1) is 0 Å². The molecule has 3 N–H and O–H groups in total. The fourth-order valence-electron chi connectivity index (χ4n) is 2.38. The van der Waals surface area contributed by atoms with E-state index in [1.807, 2.05) is 6.07 Å². The fourth-order valence-corrected chi connectivity index (χ4v) is 2.38. The van der Waals surface area contributed by atoms with E-state index in [2.05, 4.69) is 10.6 Å². The Balaban J connectivity index is 1.76. The summed E-state index contributed by atoms with van der Waals surface area (Å²) in [5, 5.41) is 14.1. The molecule has 0 spiro atoms. The minimum atomic E-state index is -0.798. The smallest absolute Gasteiger partial charge is 0.303 e. The van der Waals surface area contributed by atoms with Gasteiger partial charge in [-0.2, -0.15) is 0 Å². The molecule has 0 bridgehead atoms. The Hall–Kier alpha value is -3.15. The van der Waals surface area contributed by atoms with Gasteiger partial charge in [-0.15, -0.1) is 0 Å². The normalized spacial score (nSPS) is 10.2. The van der Waals surface area contributed by atoms with Crippen LogP contribution in [0.15, 0.2) is 54.6 Å². The number of aliphatic carboxylic acids is 1. The van der Waals surface area contributed by atoms with Crippen LogP contribution in [0.1, 0.15) is 46.4 Å². The van der Waals surface area contributed by atoms with Crippen molar-refractivity contribution in [3.63, 3.8) is 0 Å². The van der Waals surface area contributed by atoms with Crippen molar-refractivity contribution in [1.29, 1.82) is 0 Å². The number of carboxylic acid groups (broad SMARTS) is 1. The Bertz CT molecular complexity index is 742. The van der Waals surface area contributed by atoms with Gasteiger partial charge < -0.3 is 15.7 Å². The Morgan fingerprint density at radius 2 is 1.42 bits per heavy atom. The molecule has 0 saturated carbocycles. The van der Waals surface area contributed by atoms with Crippen molar-refractivity contribution >= 4 is 23.5 Å². The van der Waals surface area contributed by atoms with Gasteiger partial charge in [0.25, 0.3) is 11.8 Å². The van der Waals surface area contributed by atoms with Gasteiger partial charge in [0, 0.05) is 29.8 Å². The first-order chi connectivity index (χ1) is 12.6. The van der Waals surface area contributed by atoms with Crippen LogP contribution >= 0.6 is 0 Å². The van der Waals surface area contributed by atoms with Gasteiger partial charge in [0.2, 0.25) is 0 Å². The lowest BCUT2D eigenvalue weighted by Crippen LogP contribution is -2.24. The highest BCUT2D eigenvalue weighted by molar-refractivity contribution is 6.04. The Morgan fingerprint density at radius 1 is 0.769 bits per heavy atom. The van der Waals surface area contributed by atoms with Crippen LogP contribution in [-0.2, 0) is 4.79 Å². The van der Waals surface area contributed by atoms with Gasteiger partial charge in [-0.3, -0.25) is 14.4 Å². The summed E-state index contributed by atoms with van der Waals surface area (Å²) in [5.41, 5.74) is 1.69. The Morgan fingerprint density at radius 3 is 2.08 bits per heavy atom. The third kappa shape index (κ3) is 6.39. The molecule has 26 heavy (non-hydrogen) atoms. The zero-order chi connectivity index (χ0) is 18.8. The molecule has 0 radical (unpaired) electrons. The highest BCUT2D eigenvalue weighted by Crippen LogP contribution is 2.11. The maximum atomic E-state index is 12.1. The van der Waals surface area contributed by atoms with Gasteiger partial charge in [0.05, 0.1) is 0 Å². The number of amides is 2. The van der Waals surface area contributed by atoms with Crippen molar-refractivity contribution in [3.8, 4) is 0 Å². The van der Waals surface area contributed by atoms with Gasteiger partial charge in [-0.1, -0.05) is 24.6 Å². The molecule has 2 aromatic carbocycles. The van der Waals surface area contributed by atoms with Gasteiger partial charge in [-0.25, -0.2) is 0 Å². The van der Waals surface area contributed by atoms with Gasteiger partial charge in [0.1, 0.15) is 0 Å². The van der Waals surface area contributed by atoms with Crippen molar-refractivity contribution in [3.05, 3.63) is 65.7 Å². The van der Waals surface area contributed by atoms with Crippen molar-refractivity contribution in [2.24, 2.45) is 0 Å². The number of rotatable bonds is 9. The predicted octanol–water partition coefficient (Wildman–Crippen LogP) is 3.31. The van der Waals surface area contributed by atoms with E-state index in [0.29, 0.717) is 29.8 Å². The van der Waals surface area contributed by atoms with Gasteiger partial charge in [0.15, 0.2) is 0 Å². The summed E-state index contributed by atoms with van der Waals surface area (Å²) >= 11 is 0. The number of hydrogen-bond acceptors (Lipinski definition) is 3. The zero-order valence-electron chi connectivity index (χ0n) is 14.4. The largest absolute Gasteiger partial charge is 0.481 e. The van der Waals surface area contributed by atoms with E-state index in [9.17, 15) is 14.4 Å². The van der Waals surface area contributed by atoms with E-state index in [4.69, 9.17) is 5.11 Å². The number of anilines is 1. The highest BCUT2D eigenvalue weighted by atomic mass is 16.4. The predicted molar refractivity (Wildman–Crippen MR) is 99.3 cm³/mol. The quantitative estimate of drug-likeness (QED) is 0.602. The van der Waals surface area contributed by atoms with Crippen molar-refractivity contribution < 1.29 is 19.5 Å². The lowest BCUT2D eigenvalue weighted by molar-refractivity contribution is -0.137. The molecule has 136 valence electrons. The van der Waals surface area contributed by atoms with Crippen molar-refractivity contribution in [2.75, 3.05) is 11.9 Å². The highest BCUT2D eigenvalue weighted by Gasteiger charge is 2.07. The Labute approximate surface area is 152 Å². The van der Waals surface area contributed by atoms with Crippen LogP contribution < -0.4 is 10.6 Å². The van der Waals surface area contributed by atoms with Crippen LogP contribution in [0.3, 0.4) is 0 Å². The van der Waals surface area contributed by atoms with Crippen molar-refractivity contribution in [1.82, 2.24) is 5.32 Å². The molecule has 2 aromatic rings. The SMILES string of the molecule is O=C(O)CCCCCNC(=O)c1ccc(NC(=O)c2ccccc2)cc1. The molecular weight excluding hydrogens is 332 g/mol. The summed E-state index contributed by atoms with van der Waals surface area (Å²) < 4.78 is 0. The average Bonchev–Trinajstić information content (AvgIpc) is 2.65. The summed E-state index contributed by atoms with van der Waals surface area (Å²) in [7, 11) is 0. The molecule has 0 heterocycles. The molecule has 0 aromatic heterocycles. The van der Waals surface area contributed by atoms with Gasteiger partial charge in [-0.05, 0) is 49.2 Å². The fraction of sp³-hybridized carbons (Fsp3) is 0.250. The summed E-state index contributed by atoms with van der Waals surface area (Å²) in [4.78, 5) is 34.5. The minimum Gasteiger partial charge on any atom is -0.481 e. The minimum absolute atomic E-state index is 0.157. The molecule has 2 rings (SSSR count). The van der Waals surface area contributed by atoms with Crippen LogP contribution in [0.25, 0.3) is 0 Å². The summed E-state index contributed by atoms with van der Waals surface area (Å²) in [6.45, 7) is 0.505. The van der Waals surface area contributed by atoms with E-state index >= 15 is 0 Å². The first kappa shape index (κ1) is 19.2. The number of unbranched alkanes of at least 4 members (excludes halogenated alkanes) is 2. The van der Waals surface area contributed by atoms with E-state index in [-0.39, 0.29) is 18.2 Å². The average molecular weight is 354 g/mol. The molecule has 6 heteroatoms. The second-order valence-electron chi connectivity index (χ2n) is 5.86. The molecule has 0 fully saturated rings. The van der Waals surface area contributed by atoms with E-state index < -0.39 is 5.97 Å². The van der Waals surface area contributed by atoms with Crippen LogP contribution in [0.4, 0.5) is 5.69 Å². The summed E-state index contributed by atoms with van der Waals surface area (Å²) in [6.07, 6.45) is 2.27. The maximum Gasteiger partial charge on any atom is 0.303 e. The number of hydrogen-bond donors (Lipinski definition) is 3. The lowest BCUT2D eigenvalue weighted by atomic mass is 10.1. The third-order valence-electron chi connectivity index (χ3n) is 3.79. The Kier molecular flexibility index (Phi) is 7.36. The number of nitrogens with one attached hydrogen (secondary N) is 2. The molecule has 0 aliphatic heterocycles. The lowest BCUT2D eigenvalue weighted by Gasteiger charge is -2.08. The second-order valence-corrected chi connectivity index (χ2v) is 5.86. The van der Waals surface area contributed by atoms with Crippen LogP contribution in [0.5, 0.6) is 0 Å². The number of carbonyl (C=O) groups is 3. The molecule has 0 unspecified atom stereocenters. The molecule has 2 amide bonds. The van der Waals surface area contributed by atoms with E-state index in [1.54, 1.807) is 48.5 Å². The molecule has 6 nitrogen and oxygen atoms in total.